The maximum absolute atomic E-state index is 13.4. The molecule has 1 aromatic heterocycles. The molecule has 0 amide bonds. The number of nitrogens with two attached hydrogens (primary N) is 1. The number of benzene rings is 1. The molecule has 3 rings (SSSR count). The molecule has 0 spiro atoms. The quantitative estimate of drug-likeness (QED) is 0.870. The van der Waals surface area contributed by atoms with Gasteiger partial charge in [-0.05, 0) is 37.5 Å². The Balaban J connectivity index is 2.06. The van der Waals surface area contributed by atoms with Gasteiger partial charge in [-0.25, -0.2) is 14.4 Å². The monoisotopic (exact) mass is 277 g/mol. The second-order valence-electron chi connectivity index (χ2n) is 4.75. The summed E-state index contributed by atoms with van der Waals surface area (Å²) >= 11 is 5.85. The molecular weight excluding hydrogens is 265 g/mol. The molecular formula is C14H13ClFN3. The molecule has 5 heteroatoms. The lowest BCUT2D eigenvalue weighted by atomic mass is 9.93. The van der Waals surface area contributed by atoms with Crippen molar-refractivity contribution in [2.24, 2.45) is 5.73 Å². The number of hydrogen-bond donors (Lipinski definition) is 1. The molecule has 0 saturated carbocycles. The smallest absolute Gasteiger partial charge is 0.159 e. The summed E-state index contributed by atoms with van der Waals surface area (Å²) in [6.45, 7) is 0. The number of aromatic nitrogens is 2. The topological polar surface area (TPSA) is 51.8 Å². The molecule has 0 bridgehead atoms. The largest absolute Gasteiger partial charge is 0.324 e. The number of fused-ring (bicyclic) bond motifs is 1. The van der Waals surface area contributed by atoms with Crippen molar-refractivity contribution in [1.29, 1.82) is 0 Å². The first kappa shape index (κ1) is 12.5. The van der Waals surface area contributed by atoms with Gasteiger partial charge in [-0.15, -0.1) is 0 Å². The fourth-order valence-corrected chi connectivity index (χ4v) is 2.63. The maximum Gasteiger partial charge on any atom is 0.159 e. The summed E-state index contributed by atoms with van der Waals surface area (Å²) in [5, 5.41) is 0.341. The Labute approximate surface area is 115 Å². The Morgan fingerprint density at radius 1 is 1.32 bits per heavy atom. The first-order valence-electron chi connectivity index (χ1n) is 6.21. The van der Waals surface area contributed by atoms with E-state index in [1.54, 1.807) is 12.3 Å². The van der Waals surface area contributed by atoms with E-state index in [1.165, 1.54) is 12.1 Å². The van der Waals surface area contributed by atoms with Crippen LogP contribution in [-0.4, -0.2) is 9.97 Å². The van der Waals surface area contributed by atoms with Crippen LogP contribution >= 0.6 is 11.6 Å². The Morgan fingerprint density at radius 3 is 2.95 bits per heavy atom. The zero-order valence-corrected chi connectivity index (χ0v) is 11.0. The predicted octanol–water partition coefficient (Wildman–Crippen LogP) is 3.27. The van der Waals surface area contributed by atoms with E-state index in [9.17, 15) is 4.39 Å². The highest BCUT2D eigenvalue weighted by atomic mass is 35.5. The molecule has 1 aromatic carbocycles. The standard InChI is InChI=1S/C14H13ClFN3/c15-9-4-8(5-10(16)6-9)14-18-7-11-12(17)2-1-3-13(11)19-14/h4-7,12H,1-3,17H2. The molecule has 1 aliphatic rings. The van der Waals surface area contributed by atoms with Crippen LogP contribution in [0.15, 0.2) is 24.4 Å². The normalized spacial score (nSPS) is 18.2. The fraction of sp³-hybridized carbons (Fsp3) is 0.286. The second kappa shape index (κ2) is 4.87. The zero-order valence-electron chi connectivity index (χ0n) is 10.2. The van der Waals surface area contributed by atoms with Gasteiger partial charge in [-0.1, -0.05) is 11.6 Å². The summed E-state index contributed by atoms with van der Waals surface area (Å²) in [5.41, 5.74) is 8.57. The first-order chi connectivity index (χ1) is 9.13. The number of halogens is 2. The van der Waals surface area contributed by atoms with Gasteiger partial charge in [-0.3, -0.25) is 0 Å². The molecule has 0 aliphatic heterocycles. The van der Waals surface area contributed by atoms with E-state index in [2.05, 4.69) is 9.97 Å². The van der Waals surface area contributed by atoms with Gasteiger partial charge in [-0.2, -0.15) is 0 Å². The van der Waals surface area contributed by atoms with Gasteiger partial charge in [0.05, 0.1) is 0 Å². The SMILES string of the molecule is NC1CCCc2nc(-c3cc(F)cc(Cl)c3)ncc21. The van der Waals surface area contributed by atoms with Crippen LogP contribution in [0.2, 0.25) is 5.02 Å². The van der Waals surface area contributed by atoms with Crippen LogP contribution in [0.5, 0.6) is 0 Å². The van der Waals surface area contributed by atoms with Crippen LogP contribution < -0.4 is 5.73 Å². The molecule has 1 atom stereocenters. The van der Waals surface area contributed by atoms with E-state index >= 15 is 0 Å². The van der Waals surface area contributed by atoms with Crippen molar-refractivity contribution < 1.29 is 4.39 Å². The molecule has 1 heterocycles. The molecule has 19 heavy (non-hydrogen) atoms. The van der Waals surface area contributed by atoms with E-state index in [4.69, 9.17) is 17.3 Å². The van der Waals surface area contributed by atoms with Crippen molar-refractivity contribution >= 4 is 11.6 Å². The summed E-state index contributed by atoms with van der Waals surface area (Å²) in [7, 11) is 0. The highest BCUT2D eigenvalue weighted by molar-refractivity contribution is 6.30. The minimum atomic E-state index is -0.388. The van der Waals surface area contributed by atoms with Gasteiger partial charge < -0.3 is 5.73 Å². The summed E-state index contributed by atoms with van der Waals surface area (Å²) in [5.74, 6) is 0.106. The van der Waals surface area contributed by atoms with Crippen molar-refractivity contribution in [3.8, 4) is 11.4 Å². The summed E-state index contributed by atoms with van der Waals surface area (Å²) < 4.78 is 13.4. The molecule has 98 valence electrons. The van der Waals surface area contributed by atoms with Crippen LogP contribution in [0.25, 0.3) is 11.4 Å². The molecule has 1 unspecified atom stereocenters. The highest BCUT2D eigenvalue weighted by Crippen LogP contribution is 2.28. The Bertz CT molecular complexity index is 610. The van der Waals surface area contributed by atoms with Crippen molar-refractivity contribution in [3.05, 3.63) is 46.5 Å². The van der Waals surface area contributed by atoms with Gasteiger partial charge in [0.15, 0.2) is 5.82 Å². The van der Waals surface area contributed by atoms with Crippen LogP contribution in [0, 0.1) is 5.82 Å². The summed E-state index contributed by atoms with van der Waals surface area (Å²) in [4.78, 5) is 8.78. The zero-order chi connectivity index (χ0) is 13.4. The van der Waals surface area contributed by atoms with Gasteiger partial charge >= 0.3 is 0 Å². The number of hydrogen-bond acceptors (Lipinski definition) is 3. The van der Waals surface area contributed by atoms with Crippen LogP contribution in [0.4, 0.5) is 4.39 Å². The Kier molecular flexibility index (Phi) is 3.21. The summed E-state index contributed by atoms with van der Waals surface area (Å²) in [6.07, 6.45) is 4.62. The number of nitrogens with zero attached hydrogens (tertiary/aromatic N) is 2. The van der Waals surface area contributed by atoms with Crippen LogP contribution in [0.3, 0.4) is 0 Å². The molecule has 1 aliphatic carbocycles. The van der Waals surface area contributed by atoms with E-state index in [-0.39, 0.29) is 11.9 Å². The van der Waals surface area contributed by atoms with E-state index in [1.807, 2.05) is 0 Å². The Morgan fingerprint density at radius 2 is 2.16 bits per heavy atom. The number of rotatable bonds is 1. The predicted molar refractivity (Wildman–Crippen MR) is 72.3 cm³/mol. The molecule has 0 saturated heterocycles. The van der Waals surface area contributed by atoms with Gasteiger partial charge in [0.2, 0.25) is 0 Å². The highest BCUT2D eigenvalue weighted by Gasteiger charge is 2.19. The number of aryl methyl sites for hydroxylation is 1. The van der Waals surface area contributed by atoms with E-state index in [0.29, 0.717) is 16.4 Å². The third-order valence-electron chi connectivity index (χ3n) is 3.35. The lowest BCUT2D eigenvalue weighted by molar-refractivity contribution is 0.557. The molecule has 0 radical (unpaired) electrons. The van der Waals surface area contributed by atoms with Crippen LogP contribution in [-0.2, 0) is 6.42 Å². The minimum Gasteiger partial charge on any atom is -0.324 e. The summed E-state index contributed by atoms with van der Waals surface area (Å²) in [6, 6.07) is 4.32. The molecule has 2 N–H and O–H groups in total. The average molecular weight is 278 g/mol. The lowest BCUT2D eigenvalue weighted by Crippen LogP contribution is -2.19. The second-order valence-corrected chi connectivity index (χ2v) is 5.19. The fourth-order valence-electron chi connectivity index (χ4n) is 2.40. The van der Waals surface area contributed by atoms with Crippen molar-refractivity contribution in [3.63, 3.8) is 0 Å². The van der Waals surface area contributed by atoms with Gasteiger partial charge in [0.1, 0.15) is 5.82 Å². The van der Waals surface area contributed by atoms with Gasteiger partial charge in [0.25, 0.3) is 0 Å². The molecule has 3 nitrogen and oxygen atoms in total. The molecule has 2 aromatic rings. The Hall–Kier alpha value is -1.52. The lowest BCUT2D eigenvalue weighted by Gasteiger charge is -2.21. The first-order valence-corrected chi connectivity index (χ1v) is 6.59. The van der Waals surface area contributed by atoms with Gasteiger partial charge in [0, 0.05) is 34.1 Å². The van der Waals surface area contributed by atoms with E-state index in [0.717, 1.165) is 30.5 Å². The maximum atomic E-state index is 13.4. The van der Waals surface area contributed by atoms with Crippen molar-refractivity contribution in [2.45, 2.75) is 25.3 Å². The van der Waals surface area contributed by atoms with Crippen molar-refractivity contribution in [2.75, 3.05) is 0 Å². The third-order valence-corrected chi connectivity index (χ3v) is 3.57. The van der Waals surface area contributed by atoms with E-state index < -0.39 is 0 Å². The third kappa shape index (κ3) is 2.46. The van der Waals surface area contributed by atoms with Crippen molar-refractivity contribution in [1.82, 2.24) is 9.97 Å². The molecule has 0 fully saturated rings. The van der Waals surface area contributed by atoms with Crippen LogP contribution in [0.1, 0.15) is 30.1 Å². The average Bonchev–Trinajstić information content (AvgIpc) is 2.37. The minimum absolute atomic E-state index is 0.00824.